The monoisotopic (exact) mass is 279 g/mol. The van der Waals surface area contributed by atoms with Crippen molar-refractivity contribution in [1.82, 2.24) is 0 Å². The van der Waals surface area contributed by atoms with Crippen molar-refractivity contribution in [2.45, 2.75) is 18.9 Å². The first kappa shape index (κ1) is 12.4. The maximum atomic E-state index is 13.3. The van der Waals surface area contributed by atoms with Crippen molar-refractivity contribution >= 4 is 17.3 Å². The topological polar surface area (TPSA) is 12.0 Å². The second kappa shape index (κ2) is 4.82. The Morgan fingerprint density at radius 3 is 2.68 bits per heavy atom. The lowest BCUT2D eigenvalue weighted by Gasteiger charge is -2.16. The van der Waals surface area contributed by atoms with E-state index in [1.165, 1.54) is 18.2 Å². The molecule has 1 aliphatic rings. The van der Waals surface area contributed by atoms with Crippen LogP contribution in [-0.2, 0) is 6.42 Å². The average Bonchev–Trinajstić information content (AvgIpc) is 2.70. The quantitative estimate of drug-likeness (QED) is 0.839. The lowest BCUT2D eigenvalue weighted by Crippen LogP contribution is -2.07. The zero-order valence-corrected chi connectivity index (χ0v) is 10.8. The van der Waals surface area contributed by atoms with Gasteiger partial charge >= 0.3 is 0 Å². The van der Waals surface area contributed by atoms with Crippen LogP contribution in [0.5, 0.6) is 0 Å². The minimum Gasteiger partial charge on any atom is -0.378 e. The van der Waals surface area contributed by atoms with Crippen molar-refractivity contribution in [3.8, 4) is 0 Å². The molecule has 0 amide bonds. The molecule has 1 nitrogen and oxygen atoms in total. The number of anilines is 1. The van der Waals surface area contributed by atoms with Crippen LogP contribution < -0.4 is 5.32 Å². The van der Waals surface area contributed by atoms with Gasteiger partial charge in [0, 0.05) is 10.7 Å². The number of benzene rings is 2. The van der Waals surface area contributed by atoms with Gasteiger partial charge in [-0.05, 0) is 54.3 Å². The van der Waals surface area contributed by atoms with Crippen LogP contribution in [0.3, 0.4) is 0 Å². The third-order valence-electron chi connectivity index (χ3n) is 3.39. The summed E-state index contributed by atoms with van der Waals surface area (Å²) in [5.41, 5.74) is 2.73. The van der Waals surface area contributed by atoms with E-state index in [2.05, 4.69) is 5.32 Å². The van der Waals surface area contributed by atoms with Gasteiger partial charge in [0.25, 0.3) is 0 Å². The van der Waals surface area contributed by atoms with Crippen molar-refractivity contribution in [3.05, 3.63) is 64.2 Å². The standard InChI is InChI=1S/C15H12ClF2N/c16-10-6-12(18)8-13(7-10)19-15-4-1-9-5-11(17)2-3-14(9)15/h2-3,5-8,15,19H,1,4H2. The molecule has 0 heterocycles. The Hall–Kier alpha value is -1.61. The van der Waals surface area contributed by atoms with Crippen molar-refractivity contribution in [3.63, 3.8) is 0 Å². The lowest BCUT2D eigenvalue weighted by molar-refractivity contribution is 0.626. The van der Waals surface area contributed by atoms with Crippen molar-refractivity contribution in [2.24, 2.45) is 0 Å². The summed E-state index contributed by atoms with van der Waals surface area (Å²) in [6.07, 6.45) is 1.70. The first-order valence-electron chi connectivity index (χ1n) is 6.13. The third kappa shape index (κ3) is 2.56. The van der Waals surface area contributed by atoms with E-state index in [-0.39, 0.29) is 17.7 Å². The molecular weight excluding hydrogens is 268 g/mol. The second-order valence-corrected chi connectivity index (χ2v) is 5.17. The van der Waals surface area contributed by atoms with Crippen LogP contribution in [0.15, 0.2) is 36.4 Å². The highest BCUT2D eigenvalue weighted by Crippen LogP contribution is 2.34. The molecule has 0 bridgehead atoms. The summed E-state index contributed by atoms with van der Waals surface area (Å²) in [5, 5.41) is 3.61. The van der Waals surface area contributed by atoms with Gasteiger partial charge < -0.3 is 5.32 Å². The Morgan fingerprint density at radius 1 is 1.05 bits per heavy atom. The molecular formula is C15H12ClF2N. The van der Waals surface area contributed by atoms with E-state index in [4.69, 9.17) is 11.6 Å². The number of hydrogen-bond donors (Lipinski definition) is 1. The molecule has 2 aromatic carbocycles. The summed E-state index contributed by atoms with van der Waals surface area (Å²) in [6.45, 7) is 0. The summed E-state index contributed by atoms with van der Waals surface area (Å²) in [6, 6.07) is 9.25. The Labute approximate surface area is 115 Å². The molecule has 1 unspecified atom stereocenters. The molecule has 0 radical (unpaired) electrons. The predicted octanol–water partition coefficient (Wildman–Crippen LogP) is 4.72. The second-order valence-electron chi connectivity index (χ2n) is 4.74. The van der Waals surface area contributed by atoms with Gasteiger partial charge in [-0.25, -0.2) is 8.78 Å². The van der Waals surface area contributed by atoms with E-state index in [0.29, 0.717) is 10.7 Å². The first-order valence-corrected chi connectivity index (χ1v) is 6.50. The van der Waals surface area contributed by atoms with Crippen LogP contribution in [0, 0.1) is 11.6 Å². The Bertz CT molecular complexity index is 607. The minimum absolute atomic E-state index is 0.0773. The van der Waals surface area contributed by atoms with Gasteiger partial charge in [0.2, 0.25) is 0 Å². The molecule has 19 heavy (non-hydrogen) atoms. The van der Waals surface area contributed by atoms with Gasteiger partial charge in [0.15, 0.2) is 0 Å². The van der Waals surface area contributed by atoms with Crippen molar-refractivity contribution in [2.75, 3.05) is 5.32 Å². The number of aryl methyl sites for hydroxylation is 1. The summed E-state index contributed by atoms with van der Waals surface area (Å²) in [5.74, 6) is -0.583. The fraction of sp³-hybridized carbons (Fsp3) is 0.200. The van der Waals surface area contributed by atoms with E-state index < -0.39 is 0 Å². The van der Waals surface area contributed by atoms with E-state index in [1.807, 2.05) is 0 Å². The van der Waals surface area contributed by atoms with E-state index in [1.54, 1.807) is 18.2 Å². The molecule has 4 heteroatoms. The Morgan fingerprint density at radius 2 is 1.89 bits per heavy atom. The van der Waals surface area contributed by atoms with Crippen LogP contribution in [0.2, 0.25) is 5.02 Å². The highest BCUT2D eigenvalue weighted by molar-refractivity contribution is 6.30. The molecule has 98 valence electrons. The predicted molar refractivity (Wildman–Crippen MR) is 72.5 cm³/mol. The molecule has 0 aliphatic heterocycles. The highest BCUT2D eigenvalue weighted by Gasteiger charge is 2.22. The van der Waals surface area contributed by atoms with Gasteiger partial charge in [-0.15, -0.1) is 0 Å². The van der Waals surface area contributed by atoms with Gasteiger partial charge in [-0.2, -0.15) is 0 Å². The maximum absolute atomic E-state index is 13.3. The maximum Gasteiger partial charge on any atom is 0.126 e. The van der Waals surface area contributed by atoms with Crippen LogP contribution in [0.4, 0.5) is 14.5 Å². The van der Waals surface area contributed by atoms with Crippen LogP contribution in [0.25, 0.3) is 0 Å². The fourth-order valence-corrected chi connectivity index (χ4v) is 2.80. The van der Waals surface area contributed by atoms with Gasteiger partial charge in [-0.3, -0.25) is 0 Å². The van der Waals surface area contributed by atoms with Gasteiger partial charge in [0.1, 0.15) is 11.6 Å². The van der Waals surface area contributed by atoms with E-state index >= 15 is 0 Å². The normalized spacial score (nSPS) is 17.3. The van der Waals surface area contributed by atoms with E-state index in [0.717, 1.165) is 24.0 Å². The van der Waals surface area contributed by atoms with Gasteiger partial charge in [0.05, 0.1) is 6.04 Å². The molecule has 1 atom stereocenters. The molecule has 1 N–H and O–H groups in total. The molecule has 3 rings (SSSR count). The summed E-state index contributed by atoms with van der Waals surface area (Å²) in [4.78, 5) is 0. The number of fused-ring (bicyclic) bond motifs is 1. The largest absolute Gasteiger partial charge is 0.378 e. The SMILES string of the molecule is Fc1cc(Cl)cc(NC2CCc3cc(F)ccc32)c1. The van der Waals surface area contributed by atoms with E-state index in [9.17, 15) is 8.78 Å². The summed E-state index contributed by atoms with van der Waals surface area (Å²) < 4.78 is 26.4. The molecule has 1 aliphatic carbocycles. The van der Waals surface area contributed by atoms with Gasteiger partial charge in [-0.1, -0.05) is 17.7 Å². The van der Waals surface area contributed by atoms with Crippen LogP contribution in [-0.4, -0.2) is 0 Å². The minimum atomic E-state index is -0.368. The molecule has 0 spiro atoms. The zero-order valence-electron chi connectivity index (χ0n) is 10.1. The smallest absolute Gasteiger partial charge is 0.126 e. The lowest BCUT2D eigenvalue weighted by atomic mass is 10.1. The molecule has 2 aromatic rings. The first-order chi connectivity index (χ1) is 9.11. The Balaban J connectivity index is 1.86. The molecule has 0 saturated heterocycles. The summed E-state index contributed by atoms with van der Waals surface area (Å²) >= 11 is 5.83. The Kier molecular flexibility index (Phi) is 3.15. The number of hydrogen-bond acceptors (Lipinski definition) is 1. The zero-order chi connectivity index (χ0) is 13.4. The molecule has 0 aromatic heterocycles. The van der Waals surface area contributed by atoms with Crippen LogP contribution in [0.1, 0.15) is 23.6 Å². The summed E-state index contributed by atoms with van der Waals surface area (Å²) in [7, 11) is 0. The number of nitrogens with one attached hydrogen (secondary N) is 1. The average molecular weight is 280 g/mol. The fourth-order valence-electron chi connectivity index (χ4n) is 2.57. The number of halogens is 3. The van der Waals surface area contributed by atoms with Crippen LogP contribution >= 0.6 is 11.6 Å². The van der Waals surface area contributed by atoms with Crippen molar-refractivity contribution < 1.29 is 8.78 Å². The molecule has 0 saturated carbocycles. The number of rotatable bonds is 2. The third-order valence-corrected chi connectivity index (χ3v) is 3.60. The molecule has 0 fully saturated rings. The highest BCUT2D eigenvalue weighted by atomic mass is 35.5. The van der Waals surface area contributed by atoms with Crippen molar-refractivity contribution in [1.29, 1.82) is 0 Å².